The predicted octanol–water partition coefficient (Wildman–Crippen LogP) is 0.906. The van der Waals surface area contributed by atoms with Crippen molar-refractivity contribution in [2.75, 3.05) is 25.5 Å². The van der Waals surface area contributed by atoms with Gasteiger partial charge in [-0.05, 0) is 24.5 Å². The Morgan fingerprint density at radius 2 is 2.26 bits per heavy atom. The monoisotopic (exact) mass is 262 g/mol. The second-order valence-corrected chi connectivity index (χ2v) is 5.02. The van der Waals surface area contributed by atoms with Gasteiger partial charge in [-0.2, -0.15) is 0 Å². The van der Waals surface area contributed by atoms with E-state index < -0.39 is 0 Å². The Balaban J connectivity index is 1.80. The molecular weight excluding hydrogens is 240 g/mol. The maximum Gasteiger partial charge on any atom is 0.221 e. The number of pyridine rings is 1. The third kappa shape index (κ3) is 4.52. The number of aromatic nitrogens is 1. The standard InChI is InChI=1S/C14H22N4O/c1-15-14(19)7-8-18(2)13-6-3-11(10-17-13)9-16-12-4-5-12/h3,6,10,12,16H,4-5,7-9H2,1-2H3,(H,15,19). The molecule has 104 valence electrons. The van der Waals surface area contributed by atoms with Gasteiger partial charge in [0.2, 0.25) is 5.91 Å². The van der Waals surface area contributed by atoms with Crippen LogP contribution in [-0.4, -0.2) is 37.6 Å². The number of nitrogens with zero attached hydrogens (tertiary/aromatic N) is 2. The molecule has 2 N–H and O–H groups in total. The summed E-state index contributed by atoms with van der Waals surface area (Å²) in [5.41, 5.74) is 1.20. The average molecular weight is 262 g/mol. The Morgan fingerprint density at radius 1 is 1.47 bits per heavy atom. The molecule has 1 heterocycles. The molecule has 0 unspecified atom stereocenters. The van der Waals surface area contributed by atoms with Gasteiger partial charge in [0.1, 0.15) is 5.82 Å². The van der Waals surface area contributed by atoms with Crippen molar-refractivity contribution in [3.63, 3.8) is 0 Å². The molecule has 1 saturated carbocycles. The maximum absolute atomic E-state index is 11.2. The fourth-order valence-corrected chi connectivity index (χ4v) is 1.81. The average Bonchev–Trinajstić information content (AvgIpc) is 3.27. The number of amides is 1. The van der Waals surface area contributed by atoms with Crippen LogP contribution in [0, 0.1) is 0 Å². The number of hydrogen-bond donors (Lipinski definition) is 2. The van der Waals surface area contributed by atoms with Crippen LogP contribution in [0.3, 0.4) is 0 Å². The highest BCUT2D eigenvalue weighted by molar-refractivity contribution is 5.76. The molecular formula is C14H22N4O. The summed E-state index contributed by atoms with van der Waals surface area (Å²) in [6.45, 7) is 1.56. The minimum absolute atomic E-state index is 0.0529. The van der Waals surface area contributed by atoms with Gasteiger partial charge in [0.15, 0.2) is 0 Å². The van der Waals surface area contributed by atoms with Gasteiger partial charge in [-0.1, -0.05) is 6.07 Å². The Hall–Kier alpha value is -1.62. The van der Waals surface area contributed by atoms with Gasteiger partial charge in [0, 0.05) is 45.8 Å². The summed E-state index contributed by atoms with van der Waals surface area (Å²) < 4.78 is 0. The third-order valence-corrected chi connectivity index (χ3v) is 3.33. The van der Waals surface area contributed by atoms with Crippen LogP contribution in [0.15, 0.2) is 18.3 Å². The van der Waals surface area contributed by atoms with E-state index in [1.54, 1.807) is 7.05 Å². The summed E-state index contributed by atoms with van der Waals surface area (Å²) in [5.74, 6) is 0.955. The van der Waals surface area contributed by atoms with Crippen LogP contribution >= 0.6 is 0 Å². The summed E-state index contributed by atoms with van der Waals surface area (Å²) in [4.78, 5) is 17.6. The van der Waals surface area contributed by atoms with E-state index in [-0.39, 0.29) is 5.91 Å². The van der Waals surface area contributed by atoms with Crippen LogP contribution < -0.4 is 15.5 Å². The van der Waals surface area contributed by atoms with Gasteiger partial charge >= 0.3 is 0 Å². The number of rotatable bonds is 7. The Bertz CT molecular complexity index is 414. The lowest BCUT2D eigenvalue weighted by Gasteiger charge is -2.17. The van der Waals surface area contributed by atoms with Crippen molar-refractivity contribution in [2.24, 2.45) is 0 Å². The van der Waals surface area contributed by atoms with E-state index in [0.717, 1.165) is 18.4 Å². The zero-order valence-corrected chi connectivity index (χ0v) is 11.6. The molecule has 5 nitrogen and oxygen atoms in total. The molecule has 19 heavy (non-hydrogen) atoms. The smallest absolute Gasteiger partial charge is 0.221 e. The van der Waals surface area contributed by atoms with Crippen molar-refractivity contribution in [3.8, 4) is 0 Å². The van der Waals surface area contributed by atoms with Crippen LogP contribution in [0.2, 0.25) is 0 Å². The molecule has 0 bridgehead atoms. The first-order valence-electron chi connectivity index (χ1n) is 6.79. The van der Waals surface area contributed by atoms with Crippen molar-refractivity contribution in [3.05, 3.63) is 23.9 Å². The number of anilines is 1. The summed E-state index contributed by atoms with van der Waals surface area (Å²) in [5, 5.41) is 6.08. The fourth-order valence-electron chi connectivity index (χ4n) is 1.81. The SMILES string of the molecule is CNC(=O)CCN(C)c1ccc(CNC2CC2)cn1. The zero-order chi connectivity index (χ0) is 13.7. The molecule has 0 radical (unpaired) electrons. The van der Waals surface area contributed by atoms with Crippen LogP contribution in [0.1, 0.15) is 24.8 Å². The second-order valence-electron chi connectivity index (χ2n) is 5.02. The number of hydrogen-bond acceptors (Lipinski definition) is 4. The molecule has 1 aliphatic carbocycles. The summed E-state index contributed by atoms with van der Waals surface area (Å²) in [6, 6.07) is 4.82. The predicted molar refractivity (Wildman–Crippen MR) is 76.1 cm³/mol. The van der Waals surface area contributed by atoms with Crippen molar-refractivity contribution < 1.29 is 4.79 Å². The largest absolute Gasteiger partial charge is 0.359 e. The third-order valence-electron chi connectivity index (χ3n) is 3.33. The fraction of sp³-hybridized carbons (Fsp3) is 0.571. The first-order valence-corrected chi connectivity index (χ1v) is 6.79. The summed E-state index contributed by atoms with van der Waals surface area (Å²) in [6.07, 6.45) is 4.99. The van der Waals surface area contributed by atoms with E-state index in [4.69, 9.17) is 0 Å². The molecule has 1 amide bonds. The van der Waals surface area contributed by atoms with E-state index in [1.807, 2.05) is 24.2 Å². The van der Waals surface area contributed by atoms with Crippen LogP contribution in [0.5, 0.6) is 0 Å². The van der Waals surface area contributed by atoms with E-state index in [0.29, 0.717) is 13.0 Å². The van der Waals surface area contributed by atoms with Crippen molar-refractivity contribution in [1.82, 2.24) is 15.6 Å². The molecule has 1 aromatic rings. The van der Waals surface area contributed by atoms with Gasteiger partial charge in [-0.25, -0.2) is 4.98 Å². The lowest BCUT2D eigenvalue weighted by atomic mass is 10.2. The lowest BCUT2D eigenvalue weighted by Crippen LogP contribution is -2.26. The van der Waals surface area contributed by atoms with Crippen molar-refractivity contribution >= 4 is 11.7 Å². The molecule has 0 saturated heterocycles. The number of nitrogens with one attached hydrogen (secondary N) is 2. The Morgan fingerprint density at radius 3 is 2.84 bits per heavy atom. The molecule has 0 aromatic carbocycles. The quantitative estimate of drug-likeness (QED) is 0.767. The Labute approximate surface area is 114 Å². The number of carbonyl (C=O) groups is 1. The van der Waals surface area contributed by atoms with E-state index in [9.17, 15) is 4.79 Å². The number of carbonyl (C=O) groups excluding carboxylic acids is 1. The summed E-state index contributed by atoms with van der Waals surface area (Å²) in [7, 11) is 3.61. The molecule has 0 atom stereocenters. The highest BCUT2D eigenvalue weighted by atomic mass is 16.1. The normalized spacial score (nSPS) is 14.2. The molecule has 1 aromatic heterocycles. The van der Waals surface area contributed by atoms with Gasteiger partial charge in [-0.15, -0.1) is 0 Å². The van der Waals surface area contributed by atoms with Gasteiger partial charge in [0.05, 0.1) is 0 Å². The van der Waals surface area contributed by atoms with Crippen molar-refractivity contribution in [1.29, 1.82) is 0 Å². The molecule has 0 spiro atoms. The molecule has 5 heteroatoms. The summed E-state index contributed by atoms with van der Waals surface area (Å²) >= 11 is 0. The minimum atomic E-state index is 0.0529. The highest BCUT2D eigenvalue weighted by Gasteiger charge is 2.19. The maximum atomic E-state index is 11.2. The topological polar surface area (TPSA) is 57.3 Å². The van der Waals surface area contributed by atoms with Crippen LogP contribution in [0.4, 0.5) is 5.82 Å². The van der Waals surface area contributed by atoms with Gasteiger partial charge in [0.25, 0.3) is 0 Å². The molecule has 1 aliphatic rings. The van der Waals surface area contributed by atoms with E-state index >= 15 is 0 Å². The van der Waals surface area contributed by atoms with Gasteiger partial charge < -0.3 is 15.5 Å². The molecule has 2 rings (SSSR count). The van der Waals surface area contributed by atoms with Crippen molar-refractivity contribution in [2.45, 2.75) is 31.8 Å². The molecule has 1 fully saturated rings. The lowest BCUT2D eigenvalue weighted by molar-refractivity contribution is -0.120. The van der Waals surface area contributed by atoms with Crippen LogP contribution in [-0.2, 0) is 11.3 Å². The first kappa shape index (κ1) is 13.8. The zero-order valence-electron chi connectivity index (χ0n) is 11.6. The Kier molecular flexibility index (Phi) is 4.74. The van der Waals surface area contributed by atoms with Crippen LogP contribution in [0.25, 0.3) is 0 Å². The van der Waals surface area contributed by atoms with E-state index in [1.165, 1.54) is 18.4 Å². The second kappa shape index (κ2) is 6.52. The van der Waals surface area contributed by atoms with E-state index in [2.05, 4.69) is 21.7 Å². The highest BCUT2D eigenvalue weighted by Crippen LogP contribution is 2.19. The molecule has 0 aliphatic heterocycles. The van der Waals surface area contributed by atoms with Gasteiger partial charge in [-0.3, -0.25) is 4.79 Å². The first-order chi connectivity index (χ1) is 9.19. The minimum Gasteiger partial charge on any atom is -0.359 e.